The molecule has 0 aliphatic rings. The number of hydrogen-bond donors (Lipinski definition) is 2. The van der Waals surface area contributed by atoms with Gasteiger partial charge in [0.15, 0.2) is 0 Å². The minimum Gasteiger partial charge on any atom is -0.439 e. The second-order valence-corrected chi connectivity index (χ2v) is 4.97. The molecule has 0 aliphatic carbocycles. The van der Waals surface area contributed by atoms with Gasteiger partial charge in [-0.25, -0.2) is 4.98 Å². The van der Waals surface area contributed by atoms with E-state index in [4.69, 9.17) is 26.4 Å². The second kappa shape index (κ2) is 5.73. The van der Waals surface area contributed by atoms with Crippen LogP contribution in [0.4, 0.5) is 0 Å². The zero-order chi connectivity index (χ0) is 14.8. The van der Waals surface area contributed by atoms with Crippen LogP contribution in [0.15, 0.2) is 54.6 Å². The monoisotopic (exact) mass is 299 g/mol. The van der Waals surface area contributed by atoms with E-state index in [0.717, 1.165) is 5.39 Å². The molecule has 0 fully saturated rings. The maximum atomic E-state index is 9.15. The Hall–Kier alpha value is -2.08. The van der Waals surface area contributed by atoms with Gasteiger partial charge in [0.05, 0.1) is 5.52 Å². The van der Waals surface area contributed by atoms with E-state index in [0.29, 0.717) is 27.6 Å². The molecule has 2 N–H and O–H groups in total. The van der Waals surface area contributed by atoms with E-state index in [-0.39, 0.29) is 0 Å². The van der Waals surface area contributed by atoms with Crippen molar-refractivity contribution >= 4 is 35.1 Å². The number of halogens is 1. The Kier molecular flexibility index (Phi) is 3.79. The van der Waals surface area contributed by atoms with Gasteiger partial charge in [-0.15, -0.1) is 0 Å². The number of benzene rings is 2. The fourth-order valence-electron chi connectivity index (χ4n) is 1.97. The fraction of sp³-hybridized carbons (Fsp3) is 0. The van der Waals surface area contributed by atoms with E-state index in [9.17, 15) is 0 Å². The quantitative estimate of drug-likeness (QED) is 0.729. The molecule has 0 aliphatic heterocycles. The highest BCUT2D eigenvalue weighted by atomic mass is 35.5. The number of nitrogens with zero attached hydrogens (tertiary/aromatic N) is 1. The van der Waals surface area contributed by atoms with Gasteiger partial charge in [-0.2, -0.15) is 0 Å². The van der Waals surface area contributed by atoms with Crippen LogP contribution in [-0.4, -0.2) is 22.2 Å². The SMILES string of the molecule is OB(O)c1ccc2nc(Oc3ccc(Cl)cc3)ccc2c1. The molecule has 2 aromatic carbocycles. The number of pyridine rings is 1. The number of fused-ring (bicyclic) bond motifs is 1. The molecule has 0 saturated heterocycles. The Morgan fingerprint density at radius 1 is 0.952 bits per heavy atom. The molecule has 0 bridgehead atoms. The van der Waals surface area contributed by atoms with E-state index < -0.39 is 7.12 Å². The Morgan fingerprint density at radius 3 is 2.43 bits per heavy atom. The smallest absolute Gasteiger partial charge is 0.439 e. The van der Waals surface area contributed by atoms with Crippen LogP contribution in [0, 0.1) is 0 Å². The highest BCUT2D eigenvalue weighted by molar-refractivity contribution is 6.58. The lowest BCUT2D eigenvalue weighted by Gasteiger charge is -2.07. The van der Waals surface area contributed by atoms with Crippen molar-refractivity contribution in [3.05, 3.63) is 59.6 Å². The molecule has 0 unspecified atom stereocenters. The average molecular weight is 300 g/mol. The highest BCUT2D eigenvalue weighted by Crippen LogP contribution is 2.23. The topological polar surface area (TPSA) is 62.6 Å². The van der Waals surface area contributed by atoms with Gasteiger partial charge in [-0.1, -0.05) is 23.7 Å². The lowest BCUT2D eigenvalue weighted by Crippen LogP contribution is -2.29. The summed E-state index contributed by atoms with van der Waals surface area (Å²) in [6, 6.07) is 15.6. The first kappa shape index (κ1) is 13.9. The Balaban J connectivity index is 1.90. The van der Waals surface area contributed by atoms with Gasteiger partial charge in [0, 0.05) is 16.5 Å². The molecule has 21 heavy (non-hydrogen) atoms. The summed E-state index contributed by atoms with van der Waals surface area (Å²) in [7, 11) is -1.49. The predicted octanol–water partition coefficient (Wildman–Crippen LogP) is 2.36. The summed E-state index contributed by atoms with van der Waals surface area (Å²) in [5.74, 6) is 1.11. The third kappa shape index (κ3) is 3.16. The molecule has 3 rings (SSSR count). The minimum atomic E-state index is -1.49. The van der Waals surface area contributed by atoms with Crippen molar-refractivity contribution < 1.29 is 14.8 Å². The minimum absolute atomic E-state index is 0.427. The number of hydrogen-bond acceptors (Lipinski definition) is 4. The van der Waals surface area contributed by atoms with Crippen LogP contribution in [0.5, 0.6) is 11.6 Å². The highest BCUT2D eigenvalue weighted by Gasteiger charge is 2.11. The van der Waals surface area contributed by atoms with Gasteiger partial charge in [-0.05, 0) is 41.9 Å². The summed E-state index contributed by atoms with van der Waals surface area (Å²) < 4.78 is 5.65. The van der Waals surface area contributed by atoms with Crippen molar-refractivity contribution in [3.63, 3.8) is 0 Å². The van der Waals surface area contributed by atoms with E-state index >= 15 is 0 Å². The Morgan fingerprint density at radius 2 is 1.71 bits per heavy atom. The lowest BCUT2D eigenvalue weighted by molar-refractivity contribution is 0.426. The van der Waals surface area contributed by atoms with Gasteiger partial charge in [0.25, 0.3) is 0 Å². The molecule has 0 spiro atoms. The predicted molar refractivity (Wildman–Crippen MR) is 83.1 cm³/mol. The molecule has 1 aromatic heterocycles. The van der Waals surface area contributed by atoms with Crippen molar-refractivity contribution in [2.24, 2.45) is 0 Å². The summed E-state index contributed by atoms with van der Waals surface area (Å²) in [4.78, 5) is 4.37. The van der Waals surface area contributed by atoms with Crippen LogP contribution >= 0.6 is 11.6 Å². The van der Waals surface area contributed by atoms with Gasteiger partial charge < -0.3 is 14.8 Å². The summed E-state index contributed by atoms with van der Waals surface area (Å²) in [6.07, 6.45) is 0. The average Bonchev–Trinajstić information content (AvgIpc) is 2.49. The number of ether oxygens (including phenoxy) is 1. The molecule has 4 nitrogen and oxygen atoms in total. The van der Waals surface area contributed by atoms with Gasteiger partial charge in [0.2, 0.25) is 5.88 Å². The standard InChI is InChI=1S/C15H11BClNO3/c17-12-3-5-13(6-4-12)21-15-8-1-10-9-11(16(19)20)2-7-14(10)18-15/h1-9,19-20H. The largest absolute Gasteiger partial charge is 0.488 e. The Labute approximate surface area is 126 Å². The summed E-state index contributed by atoms with van der Waals surface area (Å²) in [5.41, 5.74) is 1.14. The van der Waals surface area contributed by atoms with E-state index in [1.807, 2.05) is 6.07 Å². The molecule has 3 aromatic rings. The Bertz CT molecular complexity index is 777. The van der Waals surface area contributed by atoms with Crippen LogP contribution in [-0.2, 0) is 0 Å². The van der Waals surface area contributed by atoms with Crippen LogP contribution in [0.25, 0.3) is 10.9 Å². The van der Waals surface area contributed by atoms with Crippen molar-refractivity contribution in [1.29, 1.82) is 0 Å². The third-order valence-electron chi connectivity index (χ3n) is 3.02. The maximum absolute atomic E-state index is 9.15. The van der Waals surface area contributed by atoms with E-state index in [1.54, 1.807) is 48.5 Å². The first-order valence-electron chi connectivity index (χ1n) is 6.32. The van der Waals surface area contributed by atoms with Gasteiger partial charge in [0.1, 0.15) is 5.75 Å². The molecule has 1 heterocycles. The van der Waals surface area contributed by atoms with Crippen molar-refractivity contribution in [2.45, 2.75) is 0 Å². The van der Waals surface area contributed by atoms with E-state index in [1.165, 1.54) is 0 Å². The first-order chi connectivity index (χ1) is 10.1. The van der Waals surface area contributed by atoms with Crippen LogP contribution in [0.1, 0.15) is 0 Å². The van der Waals surface area contributed by atoms with Crippen LogP contribution in [0.2, 0.25) is 5.02 Å². The molecule has 104 valence electrons. The summed E-state index contributed by atoms with van der Waals surface area (Å²) >= 11 is 5.82. The van der Waals surface area contributed by atoms with Gasteiger partial charge >= 0.3 is 7.12 Å². The van der Waals surface area contributed by atoms with Gasteiger partial charge in [-0.3, -0.25) is 0 Å². The lowest BCUT2D eigenvalue weighted by atomic mass is 9.80. The normalized spacial score (nSPS) is 10.6. The van der Waals surface area contributed by atoms with Crippen LogP contribution in [0.3, 0.4) is 0 Å². The molecular weight excluding hydrogens is 288 g/mol. The zero-order valence-electron chi connectivity index (χ0n) is 10.9. The van der Waals surface area contributed by atoms with Crippen molar-refractivity contribution in [3.8, 4) is 11.6 Å². The summed E-state index contributed by atoms with van der Waals surface area (Å²) in [6.45, 7) is 0. The van der Waals surface area contributed by atoms with E-state index in [2.05, 4.69) is 4.98 Å². The molecule has 0 atom stereocenters. The van der Waals surface area contributed by atoms with Crippen molar-refractivity contribution in [2.75, 3.05) is 0 Å². The molecular formula is C15H11BClNO3. The molecule has 0 radical (unpaired) electrons. The summed E-state index contributed by atoms with van der Waals surface area (Å²) in [5, 5.41) is 19.8. The third-order valence-corrected chi connectivity index (χ3v) is 3.27. The number of aromatic nitrogens is 1. The molecule has 6 heteroatoms. The number of rotatable bonds is 3. The fourth-order valence-corrected chi connectivity index (χ4v) is 2.09. The van der Waals surface area contributed by atoms with Crippen LogP contribution < -0.4 is 10.2 Å². The van der Waals surface area contributed by atoms with Crippen molar-refractivity contribution in [1.82, 2.24) is 4.98 Å². The molecule has 0 saturated carbocycles. The first-order valence-corrected chi connectivity index (χ1v) is 6.70. The maximum Gasteiger partial charge on any atom is 0.488 e. The second-order valence-electron chi connectivity index (χ2n) is 4.53. The zero-order valence-corrected chi connectivity index (χ0v) is 11.7. The molecule has 0 amide bonds.